The van der Waals surface area contributed by atoms with E-state index in [1.54, 1.807) is 6.07 Å². The highest BCUT2D eigenvalue weighted by atomic mass is 32.2. The lowest BCUT2D eigenvalue weighted by Crippen LogP contribution is -1.89. The first kappa shape index (κ1) is 15.8. The second-order valence-corrected chi connectivity index (χ2v) is 6.26. The third-order valence-electron chi connectivity index (χ3n) is 3.44. The van der Waals surface area contributed by atoms with Crippen molar-refractivity contribution >= 4 is 11.8 Å². The van der Waals surface area contributed by atoms with Crippen LogP contribution in [0.15, 0.2) is 52.3 Å². The molecule has 0 heterocycles. The van der Waals surface area contributed by atoms with Crippen molar-refractivity contribution < 1.29 is 10.2 Å². The fourth-order valence-electron chi connectivity index (χ4n) is 2.26. The van der Waals surface area contributed by atoms with Crippen LogP contribution in [0.3, 0.4) is 0 Å². The summed E-state index contributed by atoms with van der Waals surface area (Å²) in [5, 5.41) is 19.5. The molecular formula is C18H22O2S. The molecule has 0 unspecified atom stereocenters. The normalized spacial score (nSPS) is 10.7. The SMILES string of the molecule is CCCCCCc1ccccc1Sc1cc(O)ccc1O. The lowest BCUT2D eigenvalue weighted by Gasteiger charge is -2.10. The molecule has 0 atom stereocenters. The molecule has 0 amide bonds. The summed E-state index contributed by atoms with van der Waals surface area (Å²) in [7, 11) is 0. The Bertz CT molecular complexity index is 581. The van der Waals surface area contributed by atoms with E-state index in [9.17, 15) is 10.2 Å². The van der Waals surface area contributed by atoms with Gasteiger partial charge in [-0.05, 0) is 42.7 Å². The Balaban J connectivity index is 2.10. The van der Waals surface area contributed by atoms with E-state index in [0.717, 1.165) is 11.3 Å². The number of hydrogen-bond acceptors (Lipinski definition) is 3. The van der Waals surface area contributed by atoms with Crippen LogP contribution in [0.2, 0.25) is 0 Å². The molecule has 0 saturated heterocycles. The second-order valence-electron chi connectivity index (χ2n) is 5.17. The third-order valence-corrected chi connectivity index (χ3v) is 4.60. The van der Waals surface area contributed by atoms with E-state index in [-0.39, 0.29) is 11.5 Å². The number of benzene rings is 2. The van der Waals surface area contributed by atoms with Crippen LogP contribution in [-0.4, -0.2) is 10.2 Å². The molecule has 21 heavy (non-hydrogen) atoms. The van der Waals surface area contributed by atoms with Gasteiger partial charge in [-0.25, -0.2) is 0 Å². The van der Waals surface area contributed by atoms with Crippen LogP contribution in [0, 0.1) is 0 Å². The number of hydrogen-bond donors (Lipinski definition) is 2. The molecule has 2 aromatic carbocycles. The van der Waals surface area contributed by atoms with Crippen molar-refractivity contribution in [3.63, 3.8) is 0 Å². The fourth-order valence-corrected chi connectivity index (χ4v) is 3.29. The van der Waals surface area contributed by atoms with Crippen molar-refractivity contribution in [1.29, 1.82) is 0 Å². The number of aromatic hydroxyl groups is 2. The summed E-state index contributed by atoms with van der Waals surface area (Å²) in [5.41, 5.74) is 1.31. The van der Waals surface area contributed by atoms with Gasteiger partial charge in [0.25, 0.3) is 0 Å². The van der Waals surface area contributed by atoms with E-state index in [2.05, 4.69) is 25.1 Å². The van der Waals surface area contributed by atoms with Crippen LogP contribution in [0.5, 0.6) is 11.5 Å². The van der Waals surface area contributed by atoms with Gasteiger partial charge in [-0.2, -0.15) is 0 Å². The van der Waals surface area contributed by atoms with Crippen molar-refractivity contribution in [3.8, 4) is 11.5 Å². The number of aryl methyl sites for hydroxylation is 1. The summed E-state index contributed by atoms with van der Waals surface area (Å²) < 4.78 is 0. The molecule has 0 radical (unpaired) electrons. The zero-order valence-electron chi connectivity index (χ0n) is 12.4. The minimum atomic E-state index is 0.177. The molecule has 0 bridgehead atoms. The van der Waals surface area contributed by atoms with Gasteiger partial charge in [0.05, 0.1) is 4.90 Å². The van der Waals surface area contributed by atoms with Crippen molar-refractivity contribution in [2.45, 2.75) is 48.8 Å². The van der Waals surface area contributed by atoms with Crippen molar-refractivity contribution in [2.75, 3.05) is 0 Å². The molecule has 2 nitrogen and oxygen atoms in total. The molecule has 2 N–H and O–H groups in total. The lowest BCUT2D eigenvalue weighted by molar-refractivity contribution is 0.448. The van der Waals surface area contributed by atoms with Gasteiger partial charge in [0.1, 0.15) is 11.5 Å². The number of rotatable bonds is 7. The number of phenols is 2. The Hall–Kier alpha value is -1.61. The summed E-state index contributed by atoms with van der Waals surface area (Å²) in [6, 6.07) is 12.9. The van der Waals surface area contributed by atoms with Crippen LogP contribution in [0.4, 0.5) is 0 Å². The van der Waals surface area contributed by atoms with Gasteiger partial charge in [-0.15, -0.1) is 0 Å². The highest BCUT2D eigenvalue weighted by Crippen LogP contribution is 2.38. The first-order valence-electron chi connectivity index (χ1n) is 7.48. The zero-order chi connectivity index (χ0) is 15.1. The Morgan fingerprint density at radius 1 is 0.905 bits per heavy atom. The Morgan fingerprint density at radius 3 is 2.52 bits per heavy atom. The Morgan fingerprint density at radius 2 is 1.71 bits per heavy atom. The van der Waals surface area contributed by atoms with E-state index in [4.69, 9.17) is 0 Å². The minimum Gasteiger partial charge on any atom is -0.508 e. The van der Waals surface area contributed by atoms with Crippen LogP contribution >= 0.6 is 11.8 Å². The summed E-state index contributed by atoms with van der Waals surface area (Å²) in [6.45, 7) is 2.22. The first-order chi connectivity index (χ1) is 10.2. The van der Waals surface area contributed by atoms with Gasteiger partial charge in [0.2, 0.25) is 0 Å². The van der Waals surface area contributed by atoms with E-state index in [0.29, 0.717) is 4.90 Å². The monoisotopic (exact) mass is 302 g/mol. The predicted molar refractivity (Wildman–Crippen MR) is 88.2 cm³/mol. The summed E-state index contributed by atoms with van der Waals surface area (Å²) in [6.07, 6.45) is 6.03. The first-order valence-corrected chi connectivity index (χ1v) is 8.30. The van der Waals surface area contributed by atoms with Crippen molar-refractivity contribution in [3.05, 3.63) is 48.0 Å². The molecule has 2 aromatic rings. The van der Waals surface area contributed by atoms with E-state index in [1.165, 1.54) is 55.1 Å². The minimum absolute atomic E-state index is 0.177. The number of phenolic OH excluding ortho intramolecular Hbond substituents is 2. The van der Waals surface area contributed by atoms with Gasteiger partial charge < -0.3 is 10.2 Å². The van der Waals surface area contributed by atoms with E-state index < -0.39 is 0 Å². The molecule has 0 aliphatic heterocycles. The maximum Gasteiger partial charge on any atom is 0.129 e. The Labute approximate surface area is 130 Å². The van der Waals surface area contributed by atoms with E-state index >= 15 is 0 Å². The fraction of sp³-hybridized carbons (Fsp3) is 0.333. The van der Waals surface area contributed by atoms with Gasteiger partial charge in [0.15, 0.2) is 0 Å². The molecule has 0 aliphatic carbocycles. The van der Waals surface area contributed by atoms with Gasteiger partial charge in [-0.1, -0.05) is 56.1 Å². The highest BCUT2D eigenvalue weighted by molar-refractivity contribution is 7.99. The summed E-state index contributed by atoms with van der Waals surface area (Å²) in [5.74, 6) is 0.384. The predicted octanol–water partition coefficient (Wildman–Crippen LogP) is 5.37. The molecule has 0 aromatic heterocycles. The standard InChI is InChI=1S/C18H22O2S/c1-2-3-4-5-8-14-9-6-7-10-17(14)21-18-13-15(19)11-12-16(18)20/h6-7,9-13,19-20H,2-5,8H2,1H3. The quantitative estimate of drug-likeness (QED) is 0.533. The molecular weight excluding hydrogens is 280 g/mol. The topological polar surface area (TPSA) is 40.5 Å². The summed E-state index contributed by atoms with van der Waals surface area (Å²) in [4.78, 5) is 1.84. The molecule has 0 aliphatic rings. The van der Waals surface area contributed by atoms with Crippen molar-refractivity contribution in [1.82, 2.24) is 0 Å². The molecule has 0 spiro atoms. The number of unbranched alkanes of at least 4 members (excludes halogenated alkanes) is 3. The highest BCUT2D eigenvalue weighted by Gasteiger charge is 2.08. The average Bonchev–Trinajstić information content (AvgIpc) is 2.49. The van der Waals surface area contributed by atoms with Gasteiger partial charge in [0, 0.05) is 4.90 Å². The zero-order valence-corrected chi connectivity index (χ0v) is 13.2. The third kappa shape index (κ3) is 4.71. The maximum absolute atomic E-state index is 9.90. The maximum atomic E-state index is 9.90. The van der Waals surface area contributed by atoms with Gasteiger partial charge in [-0.3, -0.25) is 0 Å². The van der Waals surface area contributed by atoms with Crippen LogP contribution < -0.4 is 0 Å². The molecule has 112 valence electrons. The van der Waals surface area contributed by atoms with E-state index in [1.807, 2.05) is 6.07 Å². The Kier molecular flexibility index (Phi) is 6.00. The average molecular weight is 302 g/mol. The van der Waals surface area contributed by atoms with Crippen LogP contribution in [-0.2, 0) is 6.42 Å². The molecule has 0 saturated carbocycles. The smallest absolute Gasteiger partial charge is 0.129 e. The molecule has 2 rings (SSSR count). The lowest BCUT2D eigenvalue weighted by atomic mass is 10.1. The summed E-state index contributed by atoms with van der Waals surface area (Å²) >= 11 is 1.51. The van der Waals surface area contributed by atoms with Gasteiger partial charge >= 0.3 is 0 Å². The molecule has 0 fully saturated rings. The van der Waals surface area contributed by atoms with Crippen molar-refractivity contribution in [2.24, 2.45) is 0 Å². The molecule has 3 heteroatoms. The van der Waals surface area contributed by atoms with Crippen LogP contribution in [0.1, 0.15) is 38.2 Å². The van der Waals surface area contributed by atoms with Crippen LogP contribution in [0.25, 0.3) is 0 Å². The second kappa shape index (κ2) is 7.99. The largest absolute Gasteiger partial charge is 0.508 e.